The molecule has 1 aromatic carbocycles. The Labute approximate surface area is 160 Å². The molecule has 7 nitrogen and oxygen atoms in total. The SMILES string of the molecule is Cc1nn(C)c(C)c1NC1CCN(c2cccc(N3CCNC3=O)c2)CC1. The maximum atomic E-state index is 11.9. The lowest BCUT2D eigenvalue weighted by Gasteiger charge is -2.35. The Morgan fingerprint density at radius 1 is 1.15 bits per heavy atom. The highest BCUT2D eigenvalue weighted by Crippen LogP contribution is 2.28. The van der Waals surface area contributed by atoms with Crippen LogP contribution >= 0.6 is 0 Å². The highest BCUT2D eigenvalue weighted by molar-refractivity contribution is 5.94. The number of aryl methyl sites for hydroxylation is 2. The molecule has 0 atom stereocenters. The average Bonchev–Trinajstić information content (AvgIpc) is 3.21. The smallest absolute Gasteiger partial charge is 0.321 e. The summed E-state index contributed by atoms with van der Waals surface area (Å²) < 4.78 is 1.94. The second kappa shape index (κ2) is 7.13. The first kappa shape index (κ1) is 17.7. The standard InChI is InChI=1S/C20H28N6O/c1-14-19(15(2)24(3)23-14)22-16-7-10-25(11-8-16)17-5-4-6-18(13-17)26-12-9-21-20(26)27/h4-6,13,16,22H,7-12H2,1-3H3,(H,21,27). The van der Waals surface area contributed by atoms with Gasteiger partial charge in [-0.2, -0.15) is 5.10 Å². The van der Waals surface area contributed by atoms with E-state index in [9.17, 15) is 4.79 Å². The summed E-state index contributed by atoms with van der Waals surface area (Å²) in [7, 11) is 1.99. The van der Waals surface area contributed by atoms with E-state index in [2.05, 4.69) is 46.6 Å². The third-order valence-corrected chi connectivity index (χ3v) is 5.72. The van der Waals surface area contributed by atoms with Gasteiger partial charge in [-0.15, -0.1) is 0 Å². The minimum absolute atomic E-state index is 0.00253. The molecule has 0 spiro atoms. The zero-order chi connectivity index (χ0) is 19.0. The zero-order valence-electron chi connectivity index (χ0n) is 16.3. The molecule has 2 aromatic rings. The van der Waals surface area contributed by atoms with E-state index in [1.54, 1.807) is 0 Å². The van der Waals surface area contributed by atoms with Crippen LogP contribution in [0.2, 0.25) is 0 Å². The molecule has 2 fully saturated rings. The van der Waals surface area contributed by atoms with Gasteiger partial charge in [-0.25, -0.2) is 4.79 Å². The van der Waals surface area contributed by atoms with Crippen LogP contribution < -0.4 is 20.4 Å². The maximum Gasteiger partial charge on any atom is 0.321 e. The molecule has 0 bridgehead atoms. The quantitative estimate of drug-likeness (QED) is 0.871. The largest absolute Gasteiger partial charge is 0.379 e. The molecule has 0 saturated carbocycles. The zero-order valence-corrected chi connectivity index (χ0v) is 16.3. The Morgan fingerprint density at radius 2 is 1.89 bits per heavy atom. The molecular weight excluding hydrogens is 340 g/mol. The van der Waals surface area contributed by atoms with Gasteiger partial charge in [0.15, 0.2) is 0 Å². The van der Waals surface area contributed by atoms with Crippen molar-refractivity contribution in [3.63, 3.8) is 0 Å². The molecular formula is C20H28N6O. The third kappa shape index (κ3) is 3.46. The maximum absolute atomic E-state index is 11.9. The van der Waals surface area contributed by atoms with Crippen molar-refractivity contribution in [1.82, 2.24) is 15.1 Å². The Balaban J connectivity index is 1.40. The molecule has 1 aromatic heterocycles. The Hall–Kier alpha value is -2.70. The number of piperidine rings is 1. The van der Waals surface area contributed by atoms with Crippen LogP contribution in [0, 0.1) is 13.8 Å². The number of hydrogen-bond acceptors (Lipinski definition) is 4. The summed E-state index contributed by atoms with van der Waals surface area (Å²) in [6.07, 6.45) is 2.17. The number of hydrogen-bond donors (Lipinski definition) is 2. The molecule has 2 aliphatic rings. The number of amides is 2. The topological polar surface area (TPSA) is 65.4 Å². The van der Waals surface area contributed by atoms with Crippen molar-refractivity contribution in [2.45, 2.75) is 32.7 Å². The van der Waals surface area contributed by atoms with E-state index < -0.39 is 0 Å². The van der Waals surface area contributed by atoms with Gasteiger partial charge in [0.05, 0.1) is 17.1 Å². The van der Waals surface area contributed by atoms with E-state index in [-0.39, 0.29) is 6.03 Å². The fraction of sp³-hybridized carbons (Fsp3) is 0.500. The number of anilines is 3. The Bertz CT molecular complexity index is 837. The van der Waals surface area contributed by atoms with E-state index in [0.717, 1.165) is 43.9 Å². The molecule has 2 N–H and O–H groups in total. The summed E-state index contributed by atoms with van der Waals surface area (Å²) >= 11 is 0. The van der Waals surface area contributed by atoms with Crippen LogP contribution in [0.15, 0.2) is 24.3 Å². The first-order chi connectivity index (χ1) is 13.0. The van der Waals surface area contributed by atoms with Crippen LogP contribution in [0.5, 0.6) is 0 Å². The number of nitrogens with zero attached hydrogens (tertiary/aromatic N) is 4. The fourth-order valence-corrected chi connectivity index (χ4v) is 4.04. The van der Waals surface area contributed by atoms with Crippen LogP contribution in [-0.2, 0) is 7.05 Å². The van der Waals surface area contributed by atoms with Crippen LogP contribution in [0.1, 0.15) is 24.2 Å². The number of rotatable bonds is 4. The molecule has 144 valence electrons. The minimum Gasteiger partial charge on any atom is -0.379 e. The monoisotopic (exact) mass is 368 g/mol. The molecule has 2 amide bonds. The molecule has 4 rings (SSSR count). The molecule has 3 heterocycles. The number of urea groups is 1. The summed E-state index contributed by atoms with van der Waals surface area (Å²) in [6, 6.07) is 8.79. The predicted molar refractivity (Wildman–Crippen MR) is 109 cm³/mol. The summed E-state index contributed by atoms with van der Waals surface area (Å²) in [4.78, 5) is 16.1. The van der Waals surface area contributed by atoms with Gasteiger partial charge in [-0.1, -0.05) is 6.07 Å². The first-order valence-corrected chi connectivity index (χ1v) is 9.70. The van der Waals surface area contributed by atoms with Gasteiger partial charge in [0.25, 0.3) is 0 Å². The van der Waals surface area contributed by atoms with Gasteiger partial charge in [0, 0.05) is 50.6 Å². The molecule has 0 aliphatic carbocycles. The first-order valence-electron chi connectivity index (χ1n) is 9.70. The fourth-order valence-electron chi connectivity index (χ4n) is 4.04. The van der Waals surface area contributed by atoms with Gasteiger partial charge in [0.1, 0.15) is 0 Å². The van der Waals surface area contributed by atoms with Crippen LogP contribution in [0.3, 0.4) is 0 Å². The van der Waals surface area contributed by atoms with Gasteiger partial charge < -0.3 is 15.5 Å². The van der Waals surface area contributed by atoms with Gasteiger partial charge >= 0.3 is 6.03 Å². The number of carbonyl (C=O) groups excluding carboxylic acids is 1. The normalized spacial score (nSPS) is 18.1. The lowest BCUT2D eigenvalue weighted by atomic mass is 10.0. The predicted octanol–water partition coefficient (Wildman–Crippen LogP) is 2.65. The van der Waals surface area contributed by atoms with Crippen molar-refractivity contribution in [3.8, 4) is 0 Å². The van der Waals surface area contributed by atoms with Crippen molar-refractivity contribution in [2.24, 2.45) is 7.05 Å². The second-order valence-electron chi connectivity index (χ2n) is 7.48. The van der Waals surface area contributed by atoms with E-state index in [4.69, 9.17) is 0 Å². The van der Waals surface area contributed by atoms with Crippen LogP contribution in [0.25, 0.3) is 0 Å². The summed E-state index contributed by atoms with van der Waals surface area (Å²) in [5.74, 6) is 0. The van der Waals surface area contributed by atoms with Gasteiger partial charge in [-0.3, -0.25) is 9.58 Å². The molecule has 0 radical (unpaired) electrons. The second-order valence-corrected chi connectivity index (χ2v) is 7.48. The number of nitrogens with one attached hydrogen (secondary N) is 2. The molecule has 2 saturated heterocycles. The van der Waals surface area contributed by atoms with Crippen molar-refractivity contribution in [3.05, 3.63) is 35.7 Å². The number of benzene rings is 1. The molecule has 2 aliphatic heterocycles. The van der Waals surface area contributed by atoms with E-state index in [1.165, 1.54) is 17.1 Å². The lowest BCUT2D eigenvalue weighted by Crippen LogP contribution is -2.39. The third-order valence-electron chi connectivity index (χ3n) is 5.72. The van der Waals surface area contributed by atoms with Crippen LogP contribution in [-0.4, -0.2) is 48.0 Å². The van der Waals surface area contributed by atoms with E-state index in [1.807, 2.05) is 28.8 Å². The average molecular weight is 368 g/mol. The van der Waals surface area contributed by atoms with Gasteiger partial charge in [-0.05, 0) is 44.9 Å². The highest BCUT2D eigenvalue weighted by Gasteiger charge is 2.24. The van der Waals surface area contributed by atoms with Crippen molar-refractivity contribution in [2.75, 3.05) is 41.3 Å². The van der Waals surface area contributed by atoms with E-state index >= 15 is 0 Å². The number of aromatic nitrogens is 2. The van der Waals surface area contributed by atoms with Crippen molar-refractivity contribution >= 4 is 23.1 Å². The molecule has 0 unspecified atom stereocenters. The number of carbonyl (C=O) groups is 1. The minimum atomic E-state index is -0.00253. The van der Waals surface area contributed by atoms with Crippen LogP contribution in [0.4, 0.5) is 21.9 Å². The highest BCUT2D eigenvalue weighted by atomic mass is 16.2. The molecule has 7 heteroatoms. The summed E-state index contributed by atoms with van der Waals surface area (Å²) in [5, 5.41) is 11.1. The van der Waals surface area contributed by atoms with Gasteiger partial charge in [0.2, 0.25) is 0 Å². The van der Waals surface area contributed by atoms with E-state index in [0.29, 0.717) is 12.6 Å². The lowest BCUT2D eigenvalue weighted by molar-refractivity contribution is 0.252. The van der Waals surface area contributed by atoms with Crippen molar-refractivity contribution < 1.29 is 4.79 Å². The Kier molecular flexibility index (Phi) is 4.68. The molecule has 27 heavy (non-hydrogen) atoms. The summed E-state index contributed by atoms with van der Waals surface area (Å²) in [5.41, 5.74) is 5.60. The summed E-state index contributed by atoms with van der Waals surface area (Å²) in [6.45, 7) is 7.63. The Morgan fingerprint density at radius 3 is 2.52 bits per heavy atom. The van der Waals surface area contributed by atoms with Crippen molar-refractivity contribution in [1.29, 1.82) is 0 Å².